The summed E-state index contributed by atoms with van der Waals surface area (Å²) < 4.78 is 27.7. The number of rotatable bonds is 15. The lowest BCUT2D eigenvalue weighted by Gasteiger charge is -2.50. The predicted octanol–water partition coefficient (Wildman–Crippen LogP) is 3.86. The zero-order valence-corrected chi connectivity index (χ0v) is 35.7. The van der Waals surface area contributed by atoms with Crippen molar-refractivity contribution in [3.8, 4) is 0 Å². The number of oxime groups is 1. The van der Waals surface area contributed by atoms with Gasteiger partial charge < -0.3 is 43.7 Å². The smallest absolute Gasteiger partial charge is 0.457 e. The van der Waals surface area contributed by atoms with E-state index in [0.29, 0.717) is 0 Å². The highest BCUT2D eigenvalue weighted by Crippen LogP contribution is 2.36. The van der Waals surface area contributed by atoms with E-state index in [-0.39, 0.29) is 47.4 Å². The summed E-state index contributed by atoms with van der Waals surface area (Å²) in [6.45, 7) is 22.3. The van der Waals surface area contributed by atoms with Crippen molar-refractivity contribution in [3.05, 3.63) is 11.1 Å². The average Bonchev–Trinajstić information content (AvgIpc) is 3.44. The Labute approximate surface area is 322 Å². The molecule has 4 amide bonds. The van der Waals surface area contributed by atoms with Crippen molar-refractivity contribution in [2.24, 2.45) is 11.1 Å². The standard InChI is InChI=1S/C34H56N6O12SSi/c1-19(2)34(12,13)54-40-21(16-48-30(46)47-15-14-35-28(44)51-32(6,7)8)24(26(40)43)37-25(42)23(39-49-17-22(41)50-31(3,4)5)20-18-53-27(36-20)38-29(45)52-33(9,10)11/h18-19,21,24H,14-17,54H2,1-13H3,(H,35,44)(H,37,42)(H,36,38,45)/b39-23-. The number of nitrogens with zero attached hydrogens (tertiary/aromatic N) is 3. The lowest BCUT2D eigenvalue weighted by atomic mass is 9.98. The molecule has 0 radical (unpaired) electrons. The van der Waals surface area contributed by atoms with E-state index >= 15 is 0 Å². The van der Waals surface area contributed by atoms with E-state index in [1.54, 1.807) is 66.9 Å². The number of amides is 4. The van der Waals surface area contributed by atoms with Crippen molar-refractivity contribution < 1.29 is 57.3 Å². The number of carbonyl (C=O) groups is 6. The highest BCUT2D eigenvalue weighted by molar-refractivity contribution is 7.14. The van der Waals surface area contributed by atoms with Gasteiger partial charge >= 0.3 is 24.3 Å². The third kappa shape index (κ3) is 15.9. The highest BCUT2D eigenvalue weighted by Gasteiger charge is 2.51. The number of β-lactam (4-membered cyclic amide) rings is 1. The number of alkyl carbamates (subject to hydrolysis) is 1. The molecule has 2 heterocycles. The van der Waals surface area contributed by atoms with Gasteiger partial charge in [0.1, 0.15) is 51.4 Å². The van der Waals surface area contributed by atoms with Gasteiger partial charge in [-0.3, -0.25) is 14.9 Å². The lowest BCUT2D eigenvalue weighted by Crippen LogP contribution is -2.74. The Balaban J connectivity index is 2.26. The van der Waals surface area contributed by atoms with Crippen LogP contribution in [0.1, 0.15) is 95.7 Å². The Kier molecular flexibility index (Phi) is 15.8. The van der Waals surface area contributed by atoms with Crippen LogP contribution < -0.4 is 16.0 Å². The molecule has 0 spiro atoms. The van der Waals surface area contributed by atoms with E-state index in [0.717, 1.165) is 11.3 Å². The van der Waals surface area contributed by atoms with Crippen LogP contribution >= 0.6 is 11.3 Å². The second-order valence-corrected chi connectivity index (χ2v) is 20.1. The Hall–Kier alpha value is -4.46. The Morgan fingerprint density at radius 3 is 2.07 bits per heavy atom. The molecule has 0 saturated carbocycles. The van der Waals surface area contributed by atoms with Crippen LogP contribution in [0.15, 0.2) is 10.5 Å². The third-order valence-electron chi connectivity index (χ3n) is 7.45. The normalized spacial score (nSPS) is 16.7. The maximum Gasteiger partial charge on any atom is 0.508 e. The summed E-state index contributed by atoms with van der Waals surface area (Å²) in [4.78, 5) is 85.8. The molecule has 0 aliphatic carbocycles. The summed E-state index contributed by atoms with van der Waals surface area (Å²) >= 11 is 0.967. The van der Waals surface area contributed by atoms with Gasteiger partial charge in [-0.05, 0) is 73.3 Å². The second-order valence-electron chi connectivity index (χ2n) is 16.4. The second kappa shape index (κ2) is 18.7. The minimum absolute atomic E-state index is 0.0318. The molecule has 1 aromatic heterocycles. The molecule has 1 aliphatic rings. The van der Waals surface area contributed by atoms with E-state index in [1.807, 2.05) is 27.7 Å². The van der Waals surface area contributed by atoms with E-state index in [9.17, 15) is 28.8 Å². The van der Waals surface area contributed by atoms with Crippen LogP contribution in [0.5, 0.6) is 0 Å². The molecule has 1 aromatic rings. The number of hydrogen-bond acceptors (Lipinski definition) is 15. The summed E-state index contributed by atoms with van der Waals surface area (Å²) in [6, 6.07) is -1.88. The number of ether oxygens (including phenoxy) is 5. The van der Waals surface area contributed by atoms with Gasteiger partial charge in [0.2, 0.25) is 12.5 Å². The zero-order chi connectivity index (χ0) is 41.2. The maximum atomic E-state index is 13.8. The van der Waals surface area contributed by atoms with Crippen molar-refractivity contribution in [3.63, 3.8) is 0 Å². The summed E-state index contributed by atoms with van der Waals surface area (Å²) in [5.41, 5.74) is -2.72. The van der Waals surface area contributed by atoms with Crippen molar-refractivity contribution in [1.82, 2.24) is 20.2 Å². The monoisotopic (exact) mass is 800 g/mol. The Morgan fingerprint density at radius 2 is 1.50 bits per heavy atom. The first-order valence-corrected chi connectivity index (χ1v) is 19.6. The molecular weight excluding hydrogens is 745 g/mol. The molecule has 54 heavy (non-hydrogen) atoms. The van der Waals surface area contributed by atoms with E-state index in [4.69, 9.17) is 28.5 Å². The van der Waals surface area contributed by atoms with Crippen LogP contribution in [-0.4, -0.2) is 116 Å². The Bertz CT molecular complexity index is 1540. The average molecular weight is 801 g/mol. The summed E-state index contributed by atoms with van der Waals surface area (Å²) in [6.07, 6.45) is -2.49. The predicted molar refractivity (Wildman–Crippen MR) is 202 cm³/mol. The van der Waals surface area contributed by atoms with E-state index < -0.39 is 81.1 Å². The molecule has 0 bridgehead atoms. The molecule has 1 fully saturated rings. The van der Waals surface area contributed by atoms with Gasteiger partial charge in [0.15, 0.2) is 10.8 Å². The van der Waals surface area contributed by atoms with Gasteiger partial charge in [-0.2, -0.15) is 0 Å². The van der Waals surface area contributed by atoms with Gasteiger partial charge in [0, 0.05) is 5.38 Å². The number of carbonyl (C=O) groups excluding carboxylic acids is 6. The maximum absolute atomic E-state index is 13.8. The summed E-state index contributed by atoms with van der Waals surface area (Å²) in [5, 5.41) is 12.8. The minimum atomic E-state index is -1.30. The fraction of sp³-hybridized carbons (Fsp3) is 0.706. The van der Waals surface area contributed by atoms with Crippen molar-refractivity contribution in [2.45, 2.75) is 124 Å². The van der Waals surface area contributed by atoms with Crippen molar-refractivity contribution >= 4 is 68.0 Å². The molecule has 2 rings (SSSR count). The van der Waals surface area contributed by atoms with Crippen LogP contribution in [0.25, 0.3) is 0 Å². The molecule has 20 heteroatoms. The number of thiazole rings is 1. The lowest BCUT2D eigenvalue weighted by molar-refractivity contribution is -0.160. The quantitative estimate of drug-likeness (QED) is 0.0437. The first-order chi connectivity index (χ1) is 24.7. The van der Waals surface area contributed by atoms with Crippen LogP contribution in [-0.2, 0) is 42.9 Å². The largest absolute Gasteiger partial charge is 0.508 e. The van der Waals surface area contributed by atoms with Crippen LogP contribution in [0, 0.1) is 5.92 Å². The van der Waals surface area contributed by atoms with Crippen LogP contribution in [0.4, 0.5) is 19.5 Å². The number of esters is 1. The molecule has 2 atom stereocenters. The minimum Gasteiger partial charge on any atom is -0.457 e. The molecular formula is C34H56N6O12SSi. The van der Waals surface area contributed by atoms with Crippen LogP contribution in [0.3, 0.4) is 0 Å². The molecule has 2 unspecified atom stereocenters. The van der Waals surface area contributed by atoms with E-state index in [1.165, 1.54) is 5.38 Å². The van der Waals surface area contributed by atoms with Crippen molar-refractivity contribution in [1.29, 1.82) is 0 Å². The van der Waals surface area contributed by atoms with Gasteiger partial charge in [0.25, 0.3) is 5.91 Å². The van der Waals surface area contributed by atoms with Gasteiger partial charge in [-0.1, -0.05) is 32.9 Å². The number of aromatic nitrogens is 1. The molecule has 1 aliphatic heterocycles. The molecule has 304 valence electrons. The summed E-state index contributed by atoms with van der Waals surface area (Å²) in [5.74, 6) is -1.80. The SMILES string of the molecule is CC(C)C(C)(C)[SiH2]N1C(=O)C(NC(=O)/C(=N\OCC(=O)OC(C)(C)C)c2csc(NC(=O)OC(C)(C)C)n2)C1COC(=O)OCCNC(=O)OC(C)(C)C. The molecule has 18 nitrogen and oxygen atoms in total. The third-order valence-corrected chi connectivity index (χ3v) is 11.0. The summed E-state index contributed by atoms with van der Waals surface area (Å²) in [7, 11) is -1.30. The molecule has 1 saturated heterocycles. The fourth-order valence-electron chi connectivity index (χ4n) is 4.33. The molecule has 0 aromatic carbocycles. The first-order valence-electron chi connectivity index (χ1n) is 17.4. The zero-order valence-electron chi connectivity index (χ0n) is 33.5. The first kappa shape index (κ1) is 45.7. The highest BCUT2D eigenvalue weighted by atomic mass is 32.1. The van der Waals surface area contributed by atoms with E-state index in [2.05, 4.69) is 26.1 Å². The van der Waals surface area contributed by atoms with Gasteiger partial charge in [-0.15, -0.1) is 11.3 Å². The van der Waals surface area contributed by atoms with Crippen LogP contribution in [0.2, 0.25) is 5.04 Å². The molecule has 3 N–H and O–H groups in total. The fourth-order valence-corrected chi connectivity index (χ4v) is 7.15. The number of nitrogens with one attached hydrogen (secondary N) is 3. The Morgan fingerprint density at radius 1 is 0.907 bits per heavy atom. The van der Waals surface area contributed by atoms with Gasteiger partial charge in [0.05, 0.1) is 12.6 Å². The topological polar surface area (TPSA) is 222 Å². The number of hydrogen-bond donors (Lipinski definition) is 3. The van der Waals surface area contributed by atoms with Crippen molar-refractivity contribution in [2.75, 3.05) is 31.7 Å². The van der Waals surface area contributed by atoms with Gasteiger partial charge in [-0.25, -0.2) is 24.2 Å². The number of anilines is 1.